The topological polar surface area (TPSA) is 56.1 Å². The SMILES string of the molecule is CCOC(=O)c1nn(C)cc1CNCC(C)C. The molecule has 5 nitrogen and oxygen atoms in total. The van der Waals surface area contributed by atoms with Crippen molar-refractivity contribution < 1.29 is 9.53 Å². The molecule has 0 saturated heterocycles. The minimum atomic E-state index is -0.352. The number of carbonyl (C=O) groups excluding carboxylic acids is 1. The van der Waals surface area contributed by atoms with Gasteiger partial charge < -0.3 is 10.1 Å². The first-order valence-electron chi connectivity index (χ1n) is 5.95. The third-order valence-electron chi connectivity index (χ3n) is 2.24. The van der Waals surface area contributed by atoms with Crippen LogP contribution < -0.4 is 5.32 Å². The normalized spacial score (nSPS) is 10.9. The molecule has 1 N–H and O–H groups in total. The summed E-state index contributed by atoms with van der Waals surface area (Å²) in [7, 11) is 1.80. The van der Waals surface area contributed by atoms with Gasteiger partial charge in [-0.25, -0.2) is 4.79 Å². The zero-order valence-electron chi connectivity index (χ0n) is 11.0. The van der Waals surface area contributed by atoms with E-state index < -0.39 is 0 Å². The fraction of sp³-hybridized carbons (Fsp3) is 0.667. The molecular formula is C12H21N3O2. The number of nitrogens with zero attached hydrogens (tertiary/aromatic N) is 2. The zero-order chi connectivity index (χ0) is 12.8. The Kier molecular flexibility index (Phi) is 5.15. The molecule has 0 aliphatic carbocycles. The number of hydrogen-bond acceptors (Lipinski definition) is 4. The molecule has 0 saturated carbocycles. The van der Waals surface area contributed by atoms with E-state index in [0.29, 0.717) is 24.8 Å². The first kappa shape index (κ1) is 13.7. The summed E-state index contributed by atoms with van der Waals surface area (Å²) in [4.78, 5) is 11.7. The van der Waals surface area contributed by atoms with Gasteiger partial charge in [0.15, 0.2) is 5.69 Å². The lowest BCUT2D eigenvalue weighted by atomic mass is 10.2. The number of aromatic nitrogens is 2. The summed E-state index contributed by atoms with van der Waals surface area (Å²) in [6.45, 7) is 7.99. The summed E-state index contributed by atoms with van der Waals surface area (Å²) in [5.74, 6) is 0.229. The Bertz CT molecular complexity index is 372. The maximum absolute atomic E-state index is 11.7. The average Bonchev–Trinajstić information content (AvgIpc) is 2.59. The average molecular weight is 239 g/mol. The second-order valence-electron chi connectivity index (χ2n) is 4.42. The molecule has 17 heavy (non-hydrogen) atoms. The second-order valence-corrected chi connectivity index (χ2v) is 4.42. The molecule has 0 aliphatic rings. The van der Waals surface area contributed by atoms with Crippen LogP contribution in [0.25, 0.3) is 0 Å². The third-order valence-corrected chi connectivity index (χ3v) is 2.24. The number of ether oxygens (including phenoxy) is 1. The molecule has 0 aliphatic heterocycles. The van der Waals surface area contributed by atoms with E-state index in [2.05, 4.69) is 24.3 Å². The van der Waals surface area contributed by atoms with Crippen LogP contribution in [0.4, 0.5) is 0 Å². The van der Waals surface area contributed by atoms with Crippen molar-refractivity contribution in [3.05, 3.63) is 17.5 Å². The van der Waals surface area contributed by atoms with Crippen LogP contribution in [0.5, 0.6) is 0 Å². The zero-order valence-corrected chi connectivity index (χ0v) is 11.0. The van der Waals surface area contributed by atoms with E-state index in [1.54, 1.807) is 18.7 Å². The van der Waals surface area contributed by atoms with Gasteiger partial charge in [0.2, 0.25) is 0 Å². The van der Waals surface area contributed by atoms with Gasteiger partial charge >= 0.3 is 5.97 Å². The first-order valence-corrected chi connectivity index (χ1v) is 5.95. The molecule has 1 rings (SSSR count). The molecular weight excluding hydrogens is 218 g/mol. The fourth-order valence-electron chi connectivity index (χ4n) is 1.53. The lowest BCUT2D eigenvalue weighted by Gasteiger charge is -2.06. The Morgan fingerprint density at radius 3 is 2.88 bits per heavy atom. The number of rotatable bonds is 6. The molecule has 0 bridgehead atoms. The molecule has 0 aromatic carbocycles. The number of carbonyl (C=O) groups is 1. The van der Waals surface area contributed by atoms with E-state index in [9.17, 15) is 4.79 Å². The first-order chi connectivity index (χ1) is 8.04. The van der Waals surface area contributed by atoms with Crippen LogP contribution in [0.1, 0.15) is 36.8 Å². The summed E-state index contributed by atoms with van der Waals surface area (Å²) in [6.07, 6.45) is 1.85. The fourth-order valence-corrected chi connectivity index (χ4v) is 1.53. The Hall–Kier alpha value is -1.36. The van der Waals surface area contributed by atoms with Crippen molar-refractivity contribution >= 4 is 5.97 Å². The highest BCUT2D eigenvalue weighted by molar-refractivity contribution is 5.88. The molecule has 0 spiro atoms. The van der Waals surface area contributed by atoms with Gasteiger partial charge in [-0.2, -0.15) is 5.10 Å². The number of nitrogens with one attached hydrogen (secondary N) is 1. The third kappa shape index (κ3) is 4.19. The van der Waals surface area contributed by atoms with Crippen LogP contribution in [0.2, 0.25) is 0 Å². The summed E-state index contributed by atoms with van der Waals surface area (Å²) in [5.41, 5.74) is 1.29. The maximum Gasteiger partial charge on any atom is 0.359 e. The van der Waals surface area contributed by atoms with Crippen molar-refractivity contribution in [1.82, 2.24) is 15.1 Å². The van der Waals surface area contributed by atoms with Crippen LogP contribution in [0, 0.1) is 5.92 Å². The van der Waals surface area contributed by atoms with E-state index >= 15 is 0 Å². The molecule has 0 radical (unpaired) electrons. The van der Waals surface area contributed by atoms with Gasteiger partial charge in [0, 0.05) is 25.4 Å². The van der Waals surface area contributed by atoms with Gasteiger partial charge in [-0.3, -0.25) is 4.68 Å². The van der Waals surface area contributed by atoms with Crippen molar-refractivity contribution in [2.75, 3.05) is 13.2 Å². The summed E-state index contributed by atoms with van der Waals surface area (Å²) in [6, 6.07) is 0. The van der Waals surface area contributed by atoms with Crippen molar-refractivity contribution in [1.29, 1.82) is 0 Å². The van der Waals surface area contributed by atoms with Crippen LogP contribution in [0.3, 0.4) is 0 Å². The van der Waals surface area contributed by atoms with Crippen molar-refractivity contribution in [2.24, 2.45) is 13.0 Å². The van der Waals surface area contributed by atoms with E-state index in [0.717, 1.165) is 12.1 Å². The highest BCUT2D eigenvalue weighted by Crippen LogP contribution is 2.08. The molecule has 0 fully saturated rings. The standard InChI is InChI=1S/C12H21N3O2/c1-5-17-12(16)11-10(8-15(4)14-11)7-13-6-9(2)3/h8-9,13H,5-7H2,1-4H3. The Morgan fingerprint density at radius 2 is 2.29 bits per heavy atom. The number of aryl methyl sites for hydroxylation is 1. The smallest absolute Gasteiger partial charge is 0.359 e. The van der Waals surface area contributed by atoms with E-state index in [-0.39, 0.29) is 5.97 Å². The molecule has 0 atom stereocenters. The van der Waals surface area contributed by atoms with Crippen LogP contribution in [0.15, 0.2) is 6.20 Å². The maximum atomic E-state index is 11.7. The van der Waals surface area contributed by atoms with E-state index in [4.69, 9.17) is 4.74 Å². The highest BCUT2D eigenvalue weighted by Gasteiger charge is 2.16. The van der Waals surface area contributed by atoms with Gasteiger partial charge in [0.1, 0.15) is 0 Å². The Morgan fingerprint density at radius 1 is 1.59 bits per heavy atom. The predicted octanol–water partition coefficient (Wildman–Crippen LogP) is 1.34. The van der Waals surface area contributed by atoms with Gasteiger partial charge in [0.25, 0.3) is 0 Å². The minimum absolute atomic E-state index is 0.352. The lowest BCUT2D eigenvalue weighted by Crippen LogP contribution is -2.20. The van der Waals surface area contributed by atoms with Gasteiger partial charge in [-0.1, -0.05) is 13.8 Å². The van der Waals surface area contributed by atoms with Gasteiger partial charge in [-0.15, -0.1) is 0 Å². The molecule has 0 amide bonds. The van der Waals surface area contributed by atoms with Gasteiger partial charge in [0.05, 0.1) is 6.61 Å². The highest BCUT2D eigenvalue weighted by atomic mass is 16.5. The van der Waals surface area contributed by atoms with Crippen molar-refractivity contribution in [3.8, 4) is 0 Å². The predicted molar refractivity (Wildman–Crippen MR) is 65.7 cm³/mol. The largest absolute Gasteiger partial charge is 0.461 e. The molecule has 5 heteroatoms. The van der Waals surface area contributed by atoms with Crippen LogP contribution in [-0.4, -0.2) is 28.9 Å². The summed E-state index contributed by atoms with van der Waals surface area (Å²) in [5, 5.41) is 7.42. The Labute approximate surface area is 102 Å². The van der Waals surface area contributed by atoms with Crippen LogP contribution in [-0.2, 0) is 18.3 Å². The molecule has 1 heterocycles. The minimum Gasteiger partial charge on any atom is -0.461 e. The monoisotopic (exact) mass is 239 g/mol. The Balaban J connectivity index is 2.67. The van der Waals surface area contributed by atoms with Gasteiger partial charge in [-0.05, 0) is 19.4 Å². The van der Waals surface area contributed by atoms with Crippen molar-refractivity contribution in [3.63, 3.8) is 0 Å². The molecule has 1 aromatic heterocycles. The molecule has 1 aromatic rings. The number of esters is 1. The number of hydrogen-bond donors (Lipinski definition) is 1. The van der Waals surface area contributed by atoms with Crippen molar-refractivity contribution in [2.45, 2.75) is 27.3 Å². The summed E-state index contributed by atoms with van der Waals surface area (Å²) >= 11 is 0. The van der Waals surface area contributed by atoms with Crippen LogP contribution >= 0.6 is 0 Å². The molecule has 96 valence electrons. The van der Waals surface area contributed by atoms with E-state index in [1.807, 2.05) is 6.20 Å². The quantitative estimate of drug-likeness (QED) is 0.761. The van der Waals surface area contributed by atoms with E-state index in [1.165, 1.54) is 0 Å². The lowest BCUT2D eigenvalue weighted by molar-refractivity contribution is 0.0517. The second kappa shape index (κ2) is 6.39. The molecule has 0 unspecified atom stereocenters. The summed E-state index contributed by atoms with van der Waals surface area (Å²) < 4.78 is 6.60.